The van der Waals surface area contributed by atoms with E-state index in [-0.39, 0.29) is 17.9 Å². The van der Waals surface area contributed by atoms with Crippen molar-refractivity contribution >= 4 is 23.8 Å². The molecule has 0 atom stereocenters. The molecule has 0 aromatic heterocycles. The quantitative estimate of drug-likeness (QED) is 0.512. The first kappa shape index (κ1) is 18.1. The molecule has 0 aliphatic heterocycles. The molecule has 6 heteroatoms. The Labute approximate surface area is 131 Å². The number of nitrogens with one attached hydrogen (secondary N) is 2. The first-order valence-corrected chi connectivity index (χ1v) is 9.20. The number of carboxylic acid groups (broad SMARTS) is 1. The van der Waals surface area contributed by atoms with E-state index in [2.05, 4.69) is 16.9 Å². The summed E-state index contributed by atoms with van der Waals surface area (Å²) < 4.78 is 0. The van der Waals surface area contributed by atoms with Crippen LogP contribution >= 0.6 is 11.8 Å². The Morgan fingerprint density at radius 3 is 2.43 bits per heavy atom. The lowest BCUT2D eigenvalue weighted by Gasteiger charge is -2.40. The summed E-state index contributed by atoms with van der Waals surface area (Å²) in [5, 5.41) is 14.6. The molecule has 1 saturated carbocycles. The van der Waals surface area contributed by atoms with Gasteiger partial charge in [0.15, 0.2) is 0 Å². The predicted octanol–water partition coefficient (Wildman–Crippen LogP) is 2.85. The van der Waals surface area contributed by atoms with E-state index in [4.69, 9.17) is 5.11 Å². The Hall–Kier alpha value is -0.910. The second-order valence-electron chi connectivity index (χ2n) is 5.94. The summed E-state index contributed by atoms with van der Waals surface area (Å²) in [5.74, 6) is 0.432. The molecule has 1 aliphatic rings. The largest absolute Gasteiger partial charge is 0.481 e. The minimum atomic E-state index is -0.776. The van der Waals surface area contributed by atoms with Crippen molar-refractivity contribution in [3.63, 3.8) is 0 Å². The van der Waals surface area contributed by atoms with Crippen molar-refractivity contribution in [3.05, 3.63) is 0 Å². The lowest BCUT2D eigenvalue weighted by Crippen LogP contribution is -2.46. The highest BCUT2D eigenvalue weighted by Crippen LogP contribution is 2.43. The molecule has 1 rings (SSSR count). The molecule has 0 aromatic carbocycles. The van der Waals surface area contributed by atoms with Gasteiger partial charge in [0.2, 0.25) is 0 Å². The van der Waals surface area contributed by atoms with E-state index >= 15 is 0 Å². The van der Waals surface area contributed by atoms with Crippen LogP contribution < -0.4 is 10.6 Å². The topological polar surface area (TPSA) is 78.4 Å². The van der Waals surface area contributed by atoms with Crippen molar-refractivity contribution in [1.82, 2.24) is 10.6 Å². The van der Waals surface area contributed by atoms with E-state index in [1.165, 1.54) is 18.6 Å². The van der Waals surface area contributed by atoms with Gasteiger partial charge in [-0.2, -0.15) is 11.8 Å². The van der Waals surface area contributed by atoms with Crippen LogP contribution in [0.1, 0.15) is 51.4 Å². The molecule has 0 aromatic rings. The van der Waals surface area contributed by atoms with Gasteiger partial charge in [0.1, 0.15) is 0 Å². The van der Waals surface area contributed by atoms with Gasteiger partial charge in [-0.15, -0.1) is 0 Å². The maximum Gasteiger partial charge on any atom is 0.314 e. The van der Waals surface area contributed by atoms with Crippen LogP contribution in [-0.4, -0.2) is 42.2 Å². The minimum absolute atomic E-state index is 0.155. The number of carbonyl (C=O) groups excluding carboxylic acids is 1. The van der Waals surface area contributed by atoms with Crippen LogP contribution in [-0.2, 0) is 4.79 Å². The zero-order valence-electron chi connectivity index (χ0n) is 13.0. The Morgan fingerprint density at radius 1 is 1.14 bits per heavy atom. The lowest BCUT2D eigenvalue weighted by molar-refractivity contribution is -0.141. The van der Waals surface area contributed by atoms with Gasteiger partial charge in [0, 0.05) is 13.1 Å². The fourth-order valence-corrected chi connectivity index (χ4v) is 3.16. The summed E-state index contributed by atoms with van der Waals surface area (Å²) in [6.07, 6.45) is 9.73. The molecule has 1 fully saturated rings. The molecule has 0 bridgehead atoms. The number of urea groups is 1. The standard InChI is InChI=1S/C15H28N2O3S/c1-21-10-5-3-2-4-9-16-14(20)17-12-15(7-6-8-15)11-13(18)19/h2-12H2,1H3,(H,18,19)(H2,16,17,20). The highest BCUT2D eigenvalue weighted by Gasteiger charge is 2.39. The lowest BCUT2D eigenvalue weighted by atomic mass is 9.66. The molecule has 0 radical (unpaired) electrons. The molecular weight excluding hydrogens is 288 g/mol. The van der Waals surface area contributed by atoms with Gasteiger partial charge >= 0.3 is 12.0 Å². The maximum absolute atomic E-state index is 11.7. The van der Waals surface area contributed by atoms with E-state index in [0.717, 1.165) is 32.1 Å². The smallest absolute Gasteiger partial charge is 0.314 e. The number of hydrogen-bond donors (Lipinski definition) is 3. The summed E-state index contributed by atoms with van der Waals surface area (Å²) in [6.45, 7) is 1.16. The van der Waals surface area contributed by atoms with Crippen LogP contribution in [0.15, 0.2) is 0 Å². The van der Waals surface area contributed by atoms with Crippen LogP contribution in [0.4, 0.5) is 4.79 Å². The van der Waals surface area contributed by atoms with Crippen LogP contribution in [0.3, 0.4) is 0 Å². The molecule has 1 aliphatic carbocycles. The van der Waals surface area contributed by atoms with Crippen LogP contribution in [0.5, 0.6) is 0 Å². The average Bonchev–Trinajstić information content (AvgIpc) is 2.40. The van der Waals surface area contributed by atoms with E-state index in [1.807, 2.05) is 11.8 Å². The number of thioether (sulfide) groups is 1. The minimum Gasteiger partial charge on any atom is -0.481 e. The number of rotatable bonds is 11. The predicted molar refractivity (Wildman–Crippen MR) is 86.8 cm³/mol. The molecule has 2 amide bonds. The molecule has 3 N–H and O–H groups in total. The molecule has 0 heterocycles. The molecule has 0 unspecified atom stereocenters. The summed E-state index contributed by atoms with van der Waals surface area (Å²) >= 11 is 1.87. The molecule has 122 valence electrons. The monoisotopic (exact) mass is 316 g/mol. The van der Waals surface area contributed by atoms with Crippen molar-refractivity contribution in [2.45, 2.75) is 51.4 Å². The van der Waals surface area contributed by atoms with Gasteiger partial charge < -0.3 is 15.7 Å². The fraction of sp³-hybridized carbons (Fsp3) is 0.867. The van der Waals surface area contributed by atoms with Crippen molar-refractivity contribution in [1.29, 1.82) is 0 Å². The number of aliphatic carboxylic acids is 1. The first-order chi connectivity index (χ1) is 10.1. The number of hydrogen-bond acceptors (Lipinski definition) is 3. The van der Waals surface area contributed by atoms with Crippen LogP contribution in [0.2, 0.25) is 0 Å². The van der Waals surface area contributed by atoms with Crippen molar-refractivity contribution in [2.24, 2.45) is 5.41 Å². The zero-order valence-corrected chi connectivity index (χ0v) is 13.8. The Balaban J connectivity index is 2.04. The van der Waals surface area contributed by atoms with Gasteiger partial charge in [0.05, 0.1) is 6.42 Å². The Morgan fingerprint density at radius 2 is 1.86 bits per heavy atom. The number of carbonyl (C=O) groups is 2. The molecule has 21 heavy (non-hydrogen) atoms. The third kappa shape index (κ3) is 7.60. The van der Waals surface area contributed by atoms with Crippen molar-refractivity contribution in [3.8, 4) is 0 Å². The first-order valence-electron chi connectivity index (χ1n) is 7.80. The Kier molecular flexibility index (Phi) is 8.57. The summed E-state index contributed by atoms with van der Waals surface area (Å²) in [4.78, 5) is 22.5. The second-order valence-corrected chi connectivity index (χ2v) is 6.93. The number of unbranched alkanes of at least 4 members (excludes halogenated alkanes) is 3. The summed E-state index contributed by atoms with van der Waals surface area (Å²) in [6, 6.07) is -0.171. The Bertz CT molecular complexity index is 333. The third-order valence-corrected chi connectivity index (χ3v) is 4.82. The van der Waals surface area contributed by atoms with E-state index in [0.29, 0.717) is 13.1 Å². The van der Waals surface area contributed by atoms with E-state index in [1.54, 1.807) is 0 Å². The summed E-state index contributed by atoms with van der Waals surface area (Å²) in [7, 11) is 0. The van der Waals surface area contributed by atoms with Crippen molar-refractivity contribution < 1.29 is 14.7 Å². The van der Waals surface area contributed by atoms with Gasteiger partial charge in [-0.3, -0.25) is 4.79 Å². The van der Waals surface area contributed by atoms with Crippen molar-refractivity contribution in [2.75, 3.05) is 25.1 Å². The van der Waals surface area contributed by atoms with Gasteiger partial charge in [-0.05, 0) is 43.1 Å². The SMILES string of the molecule is CSCCCCCCNC(=O)NCC1(CC(=O)O)CCC1. The highest BCUT2D eigenvalue weighted by atomic mass is 32.2. The molecule has 5 nitrogen and oxygen atoms in total. The van der Waals surface area contributed by atoms with E-state index in [9.17, 15) is 9.59 Å². The maximum atomic E-state index is 11.7. The highest BCUT2D eigenvalue weighted by molar-refractivity contribution is 7.98. The normalized spacial score (nSPS) is 16.0. The third-order valence-electron chi connectivity index (χ3n) is 4.13. The second kappa shape index (κ2) is 9.92. The van der Waals surface area contributed by atoms with E-state index < -0.39 is 5.97 Å². The van der Waals surface area contributed by atoms with Gasteiger partial charge in [-0.25, -0.2) is 4.79 Å². The zero-order chi connectivity index (χ0) is 15.6. The molecule has 0 spiro atoms. The summed E-state index contributed by atoms with van der Waals surface area (Å²) in [5.41, 5.74) is -0.207. The van der Waals surface area contributed by atoms with Gasteiger partial charge in [0.25, 0.3) is 0 Å². The van der Waals surface area contributed by atoms with Crippen LogP contribution in [0.25, 0.3) is 0 Å². The molecule has 0 saturated heterocycles. The molecular formula is C15H28N2O3S. The average molecular weight is 316 g/mol. The number of carboxylic acids is 1. The number of amides is 2. The van der Waals surface area contributed by atoms with Gasteiger partial charge in [-0.1, -0.05) is 19.3 Å². The van der Waals surface area contributed by atoms with Crippen LogP contribution in [0, 0.1) is 5.41 Å². The fourth-order valence-electron chi connectivity index (χ4n) is 2.67.